The van der Waals surface area contributed by atoms with Crippen molar-refractivity contribution in [1.82, 2.24) is 9.71 Å². The van der Waals surface area contributed by atoms with Gasteiger partial charge in [0.25, 0.3) is 0 Å². The molecular formula is C12H12FN3O2S. The fourth-order valence-corrected chi connectivity index (χ4v) is 2.48. The van der Waals surface area contributed by atoms with Crippen LogP contribution in [0.15, 0.2) is 47.5 Å². The van der Waals surface area contributed by atoms with Crippen molar-refractivity contribution >= 4 is 15.7 Å². The van der Waals surface area contributed by atoms with Gasteiger partial charge in [0.15, 0.2) is 0 Å². The van der Waals surface area contributed by atoms with Crippen molar-refractivity contribution in [2.45, 2.75) is 11.4 Å². The maximum absolute atomic E-state index is 13.0. The van der Waals surface area contributed by atoms with Gasteiger partial charge in [0.1, 0.15) is 5.82 Å². The number of rotatable bonds is 4. The summed E-state index contributed by atoms with van der Waals surface area (Å²) < 4.78 is 39.3. The Hall–Kier alpha value is -1.99. The SMILES string of the molecule is Nc1cc(S(=O)(=O)NCc2ccccn2)ccc1F. The summed E-state index contributed by atoms with van der Waals surface area (Å²) in [7, 11) is -3.73. The predicted octanol–water partition coefficient (Wildman–Crippen LogP) is 1.28. The van der Waals surface area contributed by atoms with E-state index in [0.29, 0.717) is 5.69 Å². The molecule has 1 heterocycles. The van der Waals surface area contributed by atoms with E-state index in [0.717, 1.165) is 18.2 Å². The van der Waals surface area contributed by atoms with Gasteiger partial charge in [0.2, 0.25) is 10.0 Å². The monoisotopic (exact) mass is 281 g/mol. The van der Waals surface area contributed by atoms with Gasteiger partial charge in [0, 0.05) is 6.20 Å². The Kier molecular flexibility index (Phi) is 3.77. The third-order valence-corrected chi connectivity index (χ3v) is 3.85. The van der Waals surface area contributed by atoms with E-state index in [-0.39, 0.29) is 17.1 Å². The number of halogens is 1. The summed E-state index contributed by atoms with van der Waals surface area (Å²) in [4.78, 5) is 3.91. The normalized spacial score (nSPS) is 11.4. The molecule has 0 bridgehead atoms. The highest BCUT2D eigenvalue weighted by Gasteiger charge is 2.15. The quantitative estimate of drug-likeness (QED) is 0.827. The molecule has 0 aliphatic heterocycles. The molecule has 0 aliphatic carbocycles. The van der Waals surface area contributed by atoms with Crippen LogP contribution in [0.2, 0.25) is 0 Å². The number of nitrogens with two attached hydrogens (primary N) is 1. The third kappa shape index (κ3) is 3.27. The van der Waals surface area contributed by atoms with Crippen LogP contribution in [0.25, 0.3) is 0 Å². The summed E-state index contributed by atoms with van der Waals surface area (Å²) in [6.45, 7) is 0.0560. The van der Waals surface area contributed by atoms with Crippen molar-refractivity contribution in [3.8, 4) is 0 Å². The molecule has 1 aromatic heterocycles. The Labute approximate surface area is 110 Å². The van der Waals surface area contributed by atoms with Crippen LogP contribution in [0.4, 0.5) is 10.1 Å². The van der Waals surface area contributed by atoms with Gasteiger partial charge in [-0.3, -0.25) is 4.98 Å². The van der Waals surface area contributed by atoms with Crippen molar-refractivity contribution < 1.29 is 12.8 Å². The maximum Gasteiger partial charge on any atom is 0.241 e. The largest absolute Gasteiger partial charge is 0.396 e. The van der Waals surface area contributed by atoms with E-state index >= 15 is 0 Å². The zero-order valence-corrected chi connectivity index (χ0v) is 10.7. The maximum atomic E-state index is 13.0. The van der Waals surface area contributed by atoms with Crippen molar-refractivity contribution in [3.63, 3.8) is 0 Å². The molecule has 7 heteroatoms. The molecular weight excluding hydrogens is 269 g/mol. The van der Waals surface area contributed by atoms with Crippen LogP contribution in [0.1, 0.15) is 5.69 Å². The summed E-state index contributed by atoms with van der Waals surface area (Å²) in [6.07, 6.45) is 1.57. The number of hydrogen-bond acceptors (Lipinski definition) is 4. The minimum atomic E-state index is -3.73. The number of benzene rings is 1. The first-order chi connectivity index (χ1) is 8.99. The minimum Gasteiger partial charge on any atom is -0.396 e. The third-order valence-electron chi connectivity index (χ3n) is 2.45. The summed E-state index contributed by atoms with van der Waals surface area (Å²) >= 11 is 0. The summed E-state index contributed by atoms with van der Waals surface area (Å²) in [5.41, 5.74) is 5.72. The average molecular weight is 281 g/mol. The second kappa shape index (κ2) is 5.33. The Bertz CT molecular complexity index is 675. The number of hydrogen-bond donors (Lipinski definition) is 2. The number of nitrogens with one attached hydrogen (secondary N) is 1. The number of aromatic nitrogens is 1. The Morgan fingerprint density at radius 2 is 2.05 bits per heavy atom. The number of nitrogens with zero attached hydrogens (tertiary/aromatic N) is 1. The van der Waals surface area contributed by atoms with Crippen molar-refractivity contribution in [2.24, 2.45) is 0 Å². The molecule has 100 valence electrons. The highest BCUT2D eigenvalue weighted by Crippen LogP contribution is 2.16. The van der Waals surface area contributed by atoms with Gasteiger partial charge >= 0.3 is 0 Å². The molecule has 0 saturated carbocycles. The molecule has 0 saturated heterocycles. The molecule has 0 radical (unpaired) electrons. The lowest BCUT2D eigenvalue weighted by Crippen LogP contribution is -2.23. The molecule has 0 spiro atoms. The Morgan fingerprint density at radius 3 is 2.68 bits per heavy atom. The van der Waals surface area contributed by atoms with Gasteiger partial charge in [-0.2, -0.15) is 0 Å². The lowest BCUT2D eigenvalue weighted by Gasteiger charge is -2.07. The van der Waals surface area contributed by atoms with E-state index < -0.39 is 15.8 Å². The van der Waals surface area contributed by atoms with E-state index in [1.54, 1.807) is 24.4 Å². The molecule has 0 aliphatic rings. The van der Waals surface area contributed by atoms with Crippen molar-refractivity contribution in [2.75, 3.05) is 5.73 Å². The first-order valence-electron chi connectivity index (χ1n) is 5.43. The number of nitrogen functional groups attached to an aromatic ring is 1. The van der Waals surface area contributed by atoms with Gasteiger partial charge in [-0.25, -0.2) is 17.5 Å². The van der Waals surface area contributed by atoms with Crippen LogP contribution < -0.4 is 10.5 Å². The molecule has 0 amide bonds. The van der Waals surface area contributed by atoms with Crippen LogP contribution in [0.3, 0.4) is 0 Å². The molecule has 19 heavy (non-hydrogen) atoms. The molecule has 5 nitrogen and oxygen atoms in total. The van der Waals surface area contributed by atoms with Gasteiger partial charge in [-0.15, -0.1) is 0 Å². The van der Waals surface area contributed by atoms with E-state index in [1.807, 2.05) is 0 Å². The number of sulfonamides is 1. The van der Waals surface area contributed by atoms with Gasteiger partial charge in [-0.05, 0) is 30.3 Å². The highest BCUT2D eigenvalue weighted by molar-refractivity contribution is 7.89. The summed E-state index contributed by atoms with van der Waals surface area (Å²) in [5.74, 6) is -0.649. The van der Waals surface area contributed by atoms with Gasteiger partial charge in [0.05, 0.1) is 22.8 Å². The second-order valence-corrected chi connectivity index (χ2v) is 5.60. The van der Waals surface area contributed by atoms with E-state index in [1.165, 1.54) is 0 Å². The predicted molar refractivity (Wildman–Crippen MR) is 69.1 cm³/mol. The van der Waals surface area contributed by atoms with Crippen LogP contribution in [0.5, 0.6) is 0 Å². The molecule has 2 rings (SSSR count). The zero-order chi connectivity index (χ0) is 13.9. The molecule has 0 fully saturated rings. The Morgan fingerprint density at radius 1 is 1.26 bits per heavy atom. The van der Waals surface area contributed by atoms with E-state index in [4.69, 9.17) is 5.73 Å². The van der Waals surface area contributed by atoms with Crippen molar-refractivity contribution in [3.05, 3.63) is 54.1 Å². The number of pyridine rings is 1. The van der Waals surface area contributed by atoms with Gasteiger partial charge < -0.3 is 5.73 Å². The first-order valence-corrected chi connectivity index (χ1v) is 6.92. The number of anilines is 1. The van der Waals surface area contributed by atoms with E-state index in [9.17, 15) is 12.8 Å². The van der Waals surface area contributed by atoms with Crippen molar-refractivity contribution in [1.29, 1.82) is 0 Å². The fraction of sp³-hybridized carbons (Fsp3) is 0.0833. The topological polar surface area (TPSA) is 85.1 Å². The van der Waals surface area contributed by atoms with E-state index in [2.05, 4.69) is 9.71 Å². The molecule has 1 aromatic carbocycles. The van der Waals surface area contributed by atoms with Crippen LogP contribution in [-0.2, 0) is 16.6 Å². The Balaban J connectivity index is 2.16. The molecule has 0 unspecified atom stereocenters. The van der Waals surface area contributed by atoms with Crippen LogP contribution in [0, 0.1) is 5.82 Å². The lowest BCUT2D eigenvalue weighted by atomic mass is 10.3. The van der Waals surface area contributed by atoms with Crippen LogP contribution in [-0.4, -0.2) is 13.4 Å². The zero-order valence-electron chi connectivity index (χ0n) is 9.88. The molecule has 0 atom stereocenters. The standard InChI is InChI=1S/C12H12FN3O2S/c13-11-5-4-10(7-12(11)14)19(17,18)16-8-9-3-1-2-6-15-9/h1-7,16H,8,14H2. The lowest BCUT2D eigenvalue weighted by molar-refractivity contribution is 0.579. The summed E-state index contributed by atoms with van der Waals surface area (Å²) in [5, 5.41) is 0. The summed E-state index contributed by atoms with van der Waals surface area (Å²) in [6, 6.07) is 8.44. The second-order valence-electron chi connectivity index (χ2n) is 3.83. The van der Waals surface area contributed by atoms with Gasteiger partial charge in [-0.1, -0.05) is 6.07 Å². The molecule has 2 aromatic rings. The fourth-order valence-electron chi connectivity index (χ4n) is 1.44. The minimum absolute atomic E-state index is 0.0560. The smallest absolute Gasteiger partial charge is 0.241 e. The highest BCUT2D eigenvalue weighted by atomic mass is 32.2. The molecule has 3 N–H and O–H groups in total. The average Bonchev–Trinajstić information content (AvgIpc) is 2.41. The van der Waals surface area contributed by atoms with Crippen LogP contribution >= 0.6 is 0 Å². The first kappa shape index (κ1) is 13.4.